The van der Waals surface area contributed by atoms with Gasteiger partial charge >= 0.3 is 0 Å². The van der Waals surface area contributed by atoms with Crippen LogP contribution in [0.25, 0.3) is 11.2 Å². The first-order chi connectivity index (χ1) is 14.0. The lowest BCUT2D eigenvalue weighted by Gasteiger charge is -2.16. The number of fused-ring (bicyclic) bond motifs is 1. The van der Waals surface area contributed by atoms with Gasteiger partial charge in [-0.3, -0.25) is 4.57 Å². The molecule has 10 nitrogen and oxygen atoms in total. The number of hydrogen-bond donors (Lipinski definition) is 4. The van der Waals surface area contributed by atoms with Crippen molar-refractivity contribution >= 4 is 28.7 Å². The van der Waals surface area contributed by atoms with Crippen molar-refractivity contribution in [2.45, 2.75) is 35.4 Å². The van der Waals surface area contributed by atoms with Gasteiger partial charge in [-0.25, -0.2) is 15.0 Å². The number of hydrogen-bond acceptors (Lipinski definition) is 10. The molecule has 1 unspecified atom stereocenters. The molecule has 2 aromatic heterocycles. The smallest absolute Gasteiger partial charge is 0.191 e. The Morgan fingerprint density at radius 1 is 1.21 bits per heavy atom. The number of nitrogens with two attached hydrogens (primary N) is 1. The van der Waals surface area contributed by atoms with Gasteiger partial charge < -0.3 is 25.8 Å². The topological polar surface area (TPSA) is 163 Å². The molecular formula is C18H18N6O4S. The Kier molecular flexibility index (Phi) is 5.35. The van der Waals surface area contributed by atoms with Crippen LogP contribution < -0.4 is 5.73 Å². The standard InChI is InChI=1S/C18H18N6O4S/c19-5-9-1-3-10(4-2-9)7-29-18-22-15(20)12-16(23-18)24(8-21-12)17-14(27)13(26)11(6-25)28-17/h1-4,8,11,13-14,17,25-27H,6-7H2,(H2,20,22,23)/t11-,13?,14+,17-/m1/s1. The second-order valence-electron chi connectivity index (χ2n) is 6.54. The summed E-state index contributed by atoms with van der Waals surface area (Å²) >= 11 is 1.36. The van der Waals surface area contributed by atoms with Gasteiger partial charge in [0, 0.05) is 5.75 Å². The van der Waals surface area contributed by atoms with Crippen molar-refractivity contribution < 1.29 is 20.1 Å². The highest BCUT2D eigenvalue weighted by atomic mass is 32.2. The Morgan fingerprint density at radius 3 is 2.62 bits per heavy atom. The molecule has 1 aromatic carbocycles. The molecule has 5 N–H and O–H groups in total. The van der Waals surface area contributed by atoms with Gasteiger partial charge in [0.2, 0.25) is 0 Å². The van der Waals surface area contributed by atoms with Crippen LogP contribution in [0.1, 0.15) is 17.4 Å². The molecule has 0 spiro atoms. The van der Waals surface area contributed by atoms with E-state index in [-0.39, 0.29) is 5.82 Å². The number of rotatable bonds is 5. The van der Waals surface area contributed by atoms with Crippen molar-refractivity contribution in [1.82, 2.24) is 19.5 Å². The summed E-state index contributed by atoms with van der Waals surface area (Å²) in [5.41, 5.74) is 8.31. The largest absolute Gasteiger partial charge is 0.394 e. The van der Waals surface area contributed by atoms with Crippen molar-refractivity contribution in [3.63, 3.8) is 0 Å². The second-order valence-corrected chi connectivity index (χ2v) is 7.48. The van der Waals surface area contributed by atoms with Crippen molar-refractivity contribution in [1.29, 1.82) is 5.26 Å². The summed E-state index contributed by atoms with van der Waals surface area (Å²) in [5, 5.41) is 38.9. The second kappa shape index (κ2) is 7.94. The summed E-state index contributed by atoms with van der Waals surface area (Å²) in [6.45, 7) is -0.426. The van der Waals surface area contributed by atoms with Crippen LogP contribution >= 0.6 is 11.8 Å². The molecule has 29 heavy (non-hydrogen) atoms. The summed E-state index contributed by atoms with van der Waals surface area (Å²) in [5.74, 6) is 0.751. The maximum Gasteiger partial charge on any atom is 0.191 e. The maximum absolute atomic E-state index is 10.3. The molecule has 3 heterocycles. The van der Waals surface area contributed by atoms with E-state index in [4.69, 9.17) is 15.7 Å². The van der Waals surface area contributed by atoms with Crippen molar-refractivity contribution in [3.8, 4) is 6.07 Å². The third-order valence-corrected chi connectivity index (χ3v) is 5.59. The van der Waals surface area contributed by atoms with Crippen molar-refractivity contribution in [2.75, 3.05) is 12.3 Å². The van der Waals surface area contributed by atoms with Crippen LogP contribution in [0.4, 0.5) is 5.82 Å². The average Bonchev–Trinajstić information content (AvgIpc) is 3.28. The number of anilines is 1. The lowest BCUT2D eigenvalue weighted by molar-refractivity contribution is -0.0511. The van der Waals surface area contributed by atoms with Crippen LogP contribution in [0.2, 0.25) is 0 Å². The zero-order chi connectivity index (χ0) is 20.5. The Bertz CT molecular complexity index is 1070. The minimum Gasteiger partial charge on any atom is -0.394 e. The Balaban J connectivity index is 1.60. The maximum atomic E-state index is 10.3. The third-order valence-electron chi connectivity index (χ3n) is 4.67. The summed E-state index contributed by atoms with van der Waals surface area (Å²) in [7, 11) is 0. The van der Waals surface area contributed by atoms with E-state index in [0.717, 1.165) is 5.56 Å². The lowest BCUT2D eigenvalue weighted by Crippen LogP contribution is -2.33. The molecule has 0 bridgehead atoms. The highest BCUT2D eigenvalue weighted by Crippen LogP contribution is 2.33. The van der Waals surface area contributed by atoms with Gasteiger partial charge in [0.1, 0.15) is 23.8 Å². The predicted molar refractivity (Wildman–Crippen MR) is 103 cm³/mol. The summed E-state index contributed by atoms with van der Waals surface area (Å²) in [6.07, 6.45) is -2.94. The van der Waals surface area contributed by atoms with E-state index < -0.39 is 31.1 Å². The minimum absolute atomic E-state index is 0.183. The first kappa shape index (κ1) is 19.6. The Hall–Kier alpha value is -2.75. The Labute approximate surface area is 169 Å². The normalized spacial score (nSPS) is 24.1. The zero-order valence-corrected chi connectivity index (χ0v) is 15.9. The number of nitriles is 1. The lowest BCUT2D eigenvalue weighted by atomic mass is 10.1. The van der Waals surface area contributed by atoms with Gasteiger partial charge in [-0.05, 0) is 17.7 Å². The fourth-order valence-corrected chi connectivity index (χ4v) is 3.90. The number of benzene rings is 1. The number of imidazole rings is 1. The van der Waals surface area contributed by atoms with Crippen LogP contribution in [0.15, 0.2) is 35.7 Å². The predicted octanol–water partition coefficient (Wildman–Crippen LogP) is 0.184. The van der Waals surface area contributed by atoms with E-state index in [0.29, 0.717) is 27.6 Å². The average molecular weight is 414 g/mol. The summed E-state index contributed by atoms with van der Waals surface area (Å²) in [4.78, 5) is 12.9. The molecule has 11 heteroatoms. The molecule has 1 aliphatic heterocycles. The molecule has 4 atom stereocenters. The van der Waals surface area contributed by atoms with E-state index in [1.54, 1.807) is 12.1 Å². The zero-order valence-electron chi connectivity index (χ0n) is 15.1. The quantitative estimate of drug-likeness (QED) is 0.334. The minimum atomic E-state index is -1.25. The fourth-order valence-electron chi connectivity index (χ4n) is 3.10. The van der Waals surface area contributed by atoms with Crippen LogP contribution in [0.3, 0.4) is 0 Å². The van der Waals surface area contributed by atoms with E-state index in [1.807, 2.05) is 12.1 Å². The molecular weight excluding hydrogens is 396 g/mol. The van der Waals surface area contributed by atoms with E-state index in [9.17, 15) is 15.3 Å². The van der Waals surface area contributed by atoms with Crippen LogP contribution in [0, 0.1) is 11.3 Å². The van der Waals surface area contributed by atoms with E-state index in [1.165, 1.54) is 22.7 Å². The molecule has 1 saturated heterocycles. The Morgan fingerprint density at radius 2 is 1.97 bits per heavy atom. The summed E-state index contributed by atoms with van der Waals surface area (Å²) < 4.78 is 7.03. The number of thioether (sulfide) groups is 1. The summed E-state index contributed by atoms with van der Waals surface area (Å²) in [6, 6.07) is 9.27. The molecule has 3 aromatic rings. The number of aromatic nitrogens is 4. The molecule has 4 rings (SSSR count). The molecule has 1 fully saturated rings. The molecule has 0 aliphatic carbocycles. The first-order valence-electron chi connectivity index (χ1n) is 8.76. The monoisotopic (exact) mass is 414 g/mol. The molecule has 150 valence electrons. The van der Waals surface area contributed by atoms with Crippen LogP contribution in [-0.2, 0) is 10.5 Å². The van der Waals surface area contributed by atoms with Crippen LogP contribution in [-0.4, -0.2) is 59.8 Å². The highest BCUT2D eigenvalue weighted by molar-refractivity contribution is 7.98. The van der Waals surface area contributed by atoms with Gasteiger partial charge in [-0.2, -0.15) is 5.26 Å². The van der Waals surface area contributed by atoms with Gasteiger partial charge in [-0.15, -0.1) is 0 Å². The number of nitrogen functional groups attached to an aromatic ring is 1. The van der Waals surface area contributed by atoms with Crippen LogP contribution in [0.5, 0.6) is 0 Å². The number of aliphatic hydroxyl groups is 3. The van der Waals surface area contributed by atoms with Crippen molar-refractivity contribution in [2.24, 2.45) is 0 Å². The van der Waals surface area contributed by atoms with E-state index in [2.05, 4.69) is 21.0 Å². The van der Waals surface area contributed by atoms with Gasteiger partial charge in [0.05, 0.1) is 24.6 Å². The fraction of sp³-hybridized carbons (Fsp3) is 0.333. The van der Waals surface area contributed by atoms with Gasteiger partial charge in [0.25, 0.3) is 0 Å². The van der Waals surface area contributed by atoms with Gasteiger partial charge in [0.15, 0.2) is 22.8 Å². The molecule has 1 aliphatic rings. The molecule has 0 radical (unpaired) electrons. The van der Waals surface area contributed by atoms with Crippen molar-refractivity contribution in [3.05, 3.63) is 41.7 Å². The first-order valence-corrected chi connectivity index (χ1v) is 9.74. The molecule has 0 amide bonds. The number of aliphatic hydroxyl groups excluding tert-OH is 3. The van der Waals surface area contributed by atoms with E-state index >= 15 is 0 Å². The molecule has 0 saturated carbocycles. The SMILES string of the molecule is N#Cc1ccc(CSc2nc(N)c3ncn([C@@H]4O[C@H](CO)C(O)[C@@H]4O)c3n2)cc1. The number of nitrogens with zero attached hydrogens (tertiary/aromatic N) is 5. The third kappa shape index (κ3) is 3.64. The highest BCUT2D eigenvalue weighted by Gasteiger charge is 2.44. The van der Waals surface area contributed by atoms with Gasteiger partial charge in [-0.1, -0.05) is 23.9 Å². The number of ether oxygens (including phenoxy) is 1.